The summed E-state index contributed by atoms with van der Waals surface area (Å²) in [5, 5.41) is 3.10. The van der Waals surface area contributed by atoms with E-state index in [1.165, 1.54) is 11.4 Å². The van der Waals surface area contributed by atoms with Crippen LogP contribution < -0.4 is 5.32 Å². The topological polar surface area (TPSA) is 18.5 Å². The van der Waals surface area contributed by atoms with Gasteiger partial charge in [-0.25, -0.2) is 0 Å². The van der Waals surface area contributed by atoms with Gasteiger partial charge >= 0.3 is 0 Å². The van der Waals surface area contributed by atoms with Crippen LogP contribution >= 0.6 is 0 Å². The lowest BCUT2D eigenvalue weighted by Gasteiger charge is -2.21. The van der Waals surface area contributed by atoms with Crippen molar-refractivity contribution in [3.05, 3.63) is 23.5 Å². The fraction of sp³-hybridized carbons (Fsp3) is 0.667. The standard InChI is InChI=1S/C12H25N3/c1-11(13-3)7-8-12(2)15(6)10-9-14(4)5/h7-8,13H,9-10H2,1-6H3/b11-7+,12-8+. The maximum absolute atomic E-state index is 3.10. The van der Waals surface area contributed by atoms with Gasteiger partial charge in [-0.15, -0.1) is 0 Å². The Kier molecular flexibility index (Phi) is 6.88. The van der Waals surface area contributed by atoms with Crippen LogP contribution in [0, 0.1) is 0 Å². The molecule has 0 saturated carbocycles. The van der Waals surface area contributed by atoms with Crippen molar-refractivity contribution in [2.45, 2.75) is 13.8 Å². The Bertz CT molecular complexity index is 229. The highest BCUT2D eigenvalue weighted by Crippen LogP contribution is 2.01. The largest absolute Gasteiger partial charge is 0.392 e. The Balaban J connectivity index is 4.13. The Hall–Kier alpha value is -0.960. The third-order valence-corrected chi connectivity index (χ3v) is 2.45. The summed E-state index contributed by atoms with van der Waals surface area (Å²) in [5.74, 6) is 0. The second kappa shape index (κ2) is 7.35. The quantitative estimate of drug-likeness (QED) is 0.672. The normalized spacial score (nSPS) is 13.3. The van der Waals surface area contributed by atoms with Crippen molar-refractivity contribution in [1.82, 2.24) is 15.1 Å². The van der Waals surface area contributed by atoms with Gasteiger partial charge in [-0.2, -0.15) is 0 Å². The molecule has 0 amide bonds. The zero-order valence-electron chi connectivity index (χ0n) is 11.0. The van der Waals surface area contributed by atoms with E-state index in [9.17, 15) is 0 Å². The van der Waals surface area contributed by atoms with Gasteiger partial charge in [-0.3, -0.25) is 0 Å². The molecule has 0 heterocycles. The van der Waals surface area contributed by atoms with Gasteiger partial charge in [0.1, 0.15) is 0 Å². The van der Waals surface area contributed by atoms with E-state index in [4.69, 9.17) is 0 Å². The molecule has 88 valence electrons. The van der Waals surface area contributed by atoms with E-state index in [0.717, 1.165) is 13.1 Å². The second-order valence-corrected chi connectivity index (χ2v) is 4.13. The smallest absolute Gasteiger partial charge is 0.0299 e. The molecular formula is C12H25N3. The van der Waals surface area contributed by atoms with E-state index in [0.29, 0.717) is 0 Å². The highest BCUT2D eigenvalue weighted by molar-refractivity contribution is 5.13. The van der Waals surface area contributed by atoms with Crippen LogP contribution in [0.3, 0.4) is 0 Å². The maximum Gasteiger partial charge on any atom is 0.0299 e. The van der Waals surface area contributed by atoms with Crippen molar-refractivity contribution in [2.24, 2.45) is 0 Å². The minimum absolute atomic E-state index is 1.06. The van der Waals surface area contributed by atoms with Gasteiger partial charge in [0.05, 0.1) is 0 Å². The van der Waals surface area contributed by atoms with Crippen molar-refractivity contribution < 1.29 is 0 Å². The molecule has 3 nitrogen and oxygen atoms in total. The van der Waals surface area contributed by atoms with Gasteiger partial charge in [-0.1, -0.05) is 0 Å². The number of likely N-dealkylation sites (N-methyl/N-ethyl adjacent to an activating group) is 2. The van der Waals surface area contributed by atoms with Gasteiger partial charge in [-0.05, 0) is 40.1 Å². The summed E-state index contributed by atoms with van der Waals surface area (Å²) in [6, 6.07) is 0. The highest BCUT2D eigenvalue weighted by atomic mass is 15.2. The van der Waals surface area contributed by atoms with E-state index < -0.39 is 0 Å². The molecule has 0 saturated heterocycles. The monoisotopic (exact) mass is 211 g/mol. The predicted octanol–water partition coefficient (Wildman–Crippen LogP) is 1.51. The number of rotatable bonds is 6. The number of nitrogens with zero attached hydrogens (tertiary/aromatic N) is 2. The first-order valence-corrected chi connectivity index (χ1v) is 5.36. The van der Waals surface area contributed by atoms with Gasteiger partial charge in [0.25, 0.3) is 0 Å². The van der Waals surface area contributed by atoms with Crippen LogP contribution in [-0.2, 0) is 0 Å². The molecule has 0 rings (SSSR count). The van der Waals surface area contributed by atoms with Gasteiger partial charge in [0.15, 0.2) is 0 Å². The molecule has 0 spiro atoms. The predicted molar refractivity (Wildman–Crippen MR) is 67.8 cm³/mol. The third-order valence-electron chi connectivity index (χ3n) is 2.45. The van der Waals surface area contributed by atoms with E-state index in [-0.39, 0.29) is 0 Å². The summed E-state index contributed by atoms with van der Waals surface area (Å²) in [7, 11) is 8.25. The molecule has 15 heavy (non-hydrogen) atoms. The van der Waals surface area contributed by atoms with Crippen molar-refractivity contribution in [2.75, 3.05) is 41.3 Å². The Morgan fingerprint density at radius 3 is 2.13 bits per heavy atom. The first kappa shape index (κ1) is 14.0. The number of allylic oxidation sites excluding steroid dienone is 4. The molecule has 0 unspecified atom stereocenters. The third kappa shape index (κ3) is 7.03. The number of hydrogen-bond donors (Lipinski definition) is 1. The Labute approximate surface area is 94.4 Å². The maximum atomic E-state index is 3.10. The average molecular weight is 211 g/mol. The van der Waals surface area contributed by atoms with E-state index in [1.54, 1.807) is 0 Å². The van der Waals surface area contributed by atoms with Crippen LogP contribution in [0.1, 0.15) is 13.8 Å². The van der Waals surface area contributed by atoms with Crippen LogP contribution in [0.5, 0.6) is 0 Å². The van der Waals surface area contributed by atoms with Crippen LogP contribution in [0.15, 0.2) is 23.5 Å². The summed E-state index contributed by atoms with van der Waals surface area (Å²) < 4.78 is 0. The zero-order chi connectivity index (χ0) is 11.8. The molecule has 0 aromatic rings. The zero-order valence-corrected chi connectivity index (χ0v) is 11.0. The minimum Gasteiger partial charge on any atom is -0.392 e. The van der Waals surface area contributed by atoms with Gasteiger partial charge in [0, 0.05) is 38.6 Å². The van der Waals surface area contributed by atoms with E-state index in [1.807, 2.05) is 7.05 Å². The molecule has 0 aromatic carbocycles. The molecule has 0 atom stereocenters. The summed E-state index contributed by atoms with van der Waals surface area (Å²) >= 11 is 0. The van der Waals surface area contributed by atoms with Crippen molar-refractivity contribution >= 4 is 0 Å². The number of hydrogen-bond acceptors (Lipinski definition) is 3. The fourth-order valence-corrected chi connectivity index (χ4v) is 0.983. The summed E-state index contributed by atoms with van der Waals surface area (Å²) in [6.45, 7) is 6.33. The molecule has 0 aliphatic heterocycles. The molecule has 0 fully saturated rings. The van der Waals surface area contributed by atoms with Gasteiger partial charge < -0.3 is 15.1 Å². The first-order valence-electron chi connectivity index (χ1n) is 5.36. The highest BCUT2D eigenvalue weighted by Gasteiger charge is 1.98. The number of nitrogens with one attached hydrogen (secondary N) is 1. The first-order chi connectivity index (χ1) is 6.97. The van der Waals surface area contributed by atoms with Crippen molar-refractivity contribution in [1.29, 1.82) is 0 Å². The van der Waals surface area contributed by atoms with Crippen molar-refractivity contribution in [3.8, 4) is 0 Å². The average Bonchev–Trinajstić information content (AvgIpc) is 2.21. The summed E-state index contributed by atoms with van der Waals surface area (Å²) in [4.78, 5) is 4.46. The lowest BCUT2D eigenvalue weighted by atomic mass is 10.3. The van der Waals surface area contributed by atoms with Crippen LogP contribution in [0.4, 0.5) is 0 Å². The van der Waals surface area contributed by atoms with Gasteiger partial charge in [0.2, 0.25) is 0 Å². The van der Waals surface area contributed by atoms with Crippen molar-refractivity contribution in [3.63, 3.8) is 0 Å². The Morgan fingerprint density at radius 1 is 1.07 bits per heavy atom. The molecule has 1 N–H and O–H groups in total. The lowest BCUT2D eigenvalue weighted by molar-refractivity contribution is 0.326. The summed E-state index contributed by atoms with van der Waals surface area (Å²) in [5.41, 5.74) is 2.46. The molecular weight excluding hydrogens is 186 g/mol. The van der Waals surface area contributed by atoms with Crippen LogP contribution in [-0.4, -0.2) is 51.1 Å². The molecule has 0 bridgehead atoms. The lowest BCUT2D eigenvalue weighted by Crippen LogP contribution is -2.27. The van der Waals surface area contributed by atoms with E-state index in [2.05, 4.69) is 62.3 Å². The second-order valence-electron chi connectivity index (χ2n) is 4.13. The molecule has 0 aromatic heterocycles. The Morgan fingerprint density at radius 2 is 1.67 bits per heavy atom. The fourth-order valence-electron chi connectivity index (χ4n) is 0.983. The molecule has 0 aliphatic rings. The van der Waals surface area contributed by atoms with Crippen LogP contribution in [0.25, 0.3) is 0 Å². The summed E-state index contributed by atoms with van der Waals surface area (Å²) in [6.07, 6.45) is 4.24. The molecule has 0 radical (unpaired) electrons. The van der Waals surface area contributed by atoms with E-state index >= 15 is 0 Å². The van der Waals surface area contributed by atoms with Crippen LogP contribution in [0.2, 0.25) is 0 Å². The molecule has 3 heteroatoms. The minimum atomic E-state index is 1.06. The SMILES string of the molecule is CN/C(C)=C/C=C(\C)N(C)CCN(C)C. The molecule has 0 aliphatic carbocycles.